The summed E-state index contributed by atoms with van der Waals surface area (Å²) in [4.78, 5) is 12.0. The molecule has 0 bridgehead atoms. The molecule has 1 aromatic carbocycles. The van der Waals surface area contributed by atoms with Gasteiger partial charge in [0, 0.05) is 27.0 Å². The minimum absolute atomic E-state index is 0.0837. The molecule has 0 aliphatic rings. The van der Waals surface area contributed by atoms with Crippen molar-refractivity contribution in [2.45, 2.75) is 25.8 Å². The Bertz CT molecular complexity index is 615. The summed E-state index contributed by atoms with van der Waals surface area (Å²) in [5.74, 6) is 0. The summed E-state index contributed by atoms with van der Waals surface area (Å²) in [6.07, 6.45) is 1.63. The van der Waals surface area contributed by atoms with E-state index in [1.165, 1.54) is 4.88 Å². The van der Waals surface area contributed by atoms with Gasteiger partial charge >= 0.3 is 0 Å². The summed E-state index contributed by atoms with van der Waals surface area (Å²) in [5.41, 5.74) is 0.949. The smallest absolute Gasteiger partial charge is 0.272 e. The van der Waals surface area contributed by atoms with Crippen molar-refractivity contribution in [1.29, 1.82) is 0 Å². The van der Waals surface area contributed by atoms with Gasteiger partial charge in [-0.15, -0.1) is 11.3 Å². The van der Waals surface area contributed by atoms with Crippen LogP contribution in [0.15, 0.2) is 40.2 Å². The molecule has 1 unspecified atom stereocenters. The zero-order chi connectivity index (χ0) is 15.2. The van der Waals surface area contributed by atoms with Crippen LogP contribution < -0.4 is 5.32 Å². The molecule has 21 heavy (non-hydrogen) atoms. The van der Waals surface area contributed by atoms with E-state index in [1.807, 2.05) is 23.6 Å². The van der Waals surface area contributed by atoms with Gasteiger partial charge in [-0.05, 0) is 46.8 Å². The first-order valence-electron chi connectivity index (χ1n) is 6.82. The van der Waals surface area contributed by atoms with Crippen molar-refractivity contribution in [2.24, 2.45) is 0 Å². The lowest BCUT2D eigenvalue weighted by Gasteiger charge is -2.18. The fourth-order valence-corrected chi connectivity index (χ4v) is 3.94. The first-order valence-corrected chi connectivity index (χ1v) is 8.49. The number of hydrogen-bond acceptors (Lipinski definition) is 4. The van der Waals surface area contributed by atoms with Crippen molar-refractivity contribution in [2.75, 3.05) is 6.54 Å². The fraction of sp³-hybridized carbons (Fsp3) is 0.333. The van der Waals surface area contributed by atoms with Crippen LogP contribution in [0.2, 0.25) is 0 Å². The van der Waals surface area contributed by atoms with E-state index in [0.29, 0.717) is 6.42 Å². The van der Waals surface area contributed by atoms with Gasteiger partial charge in [0.05, 0.1) is 4.92 Å². The average Bonchev–Trinajstić information content (AvgIpc) is 2.90. The number of nitro benzene ring substituents is 1. The number of nitro groups is 1. The zero-order valence-electron chi connectivity index (χ0n) is 11.7. The lowest BCUT2D eigenvalue weighted by atomic mass is 10.0. The molecule has 1 N–H and O–H groups in total. The molecule has 0 aliphatic heterocycles. The fourth-order valence-electron chi connectivity index (χ4n) is 2.21. The number of benzene rings is 1. The normalized spacial score (nSPS) is 12.3. The molecular formula is C15H17BrN2O2S. The third-order valence-corrected chi connectivity index (χ3v) is 5.20. The van der Waals surface area contributed by atoms with E-state index in [9.17, 15) is 10.1 Å². The van der Waals surface area contributed by atoms with E-state index in [0.717, 1.165) is 23.0 Å². The van der Waals surface area contributed by atoms with Crippen molar-refractivity contribution in [3.8, 4) is 0 Å². The lowest BCUT2D eigenvalue weighted by Crippen LogP contribution is -2.23. The Morgan fingerprint density at radius 1 is 1.38 bits per heavy atom. The number of thiophene rings is 1. The van der Waals surface area contributed by atoms with Gasteiger partial charge in [0.2, 0.25) is 0 Å². The van der Waals surface area contributed by atoms with Crippen molar-refractivity contribution in [3.63, 3.8) is 0 Å². The van der Waals surface area contributed by atoms with Gasteiger partial charge in [-0.1, -0.05) is 25.1 Å². The summed E-state index contributed by atoms with van der Waals surface area (Å²) < 4.78 is 1.06. The van der Waals surface area contributed by atoms with Crippen molar-refractivity contribution < 1.29 is 4.92 Å². The molecule has 0 fully saturated rings. The largest absolute Gasteiger partial charge is 0.309 e. The van der Waals surface area contributed by atoms with E-state index in [2.05, 4.69) is 28.2 Å². The van der Waals surface area contributed by atoms with E-state index in [-0.39, 0.29) is 16.7 Å². The number of hydrogen-bond donors (Lipinski definition) is 1. The van der Waals surface area contributed by atoms with Gasteiger partial charge in [0.1, 0.15) is 0 Å². The maximum Gasteiger partial charge on any atom is 0.272 e. The minimum Gasteiger partial charge on any atom is -0.309 e. The maximum atomic E-state index is 11.1. The van der Waals surface area contributed by atoms with Gasteiger partial charge in [-0.3, -0.25) is 10.1 Å². The van der Waals surface area contributed by atoms with Crippen LogP contribution in [0.4, 0.5) is 5.69 Å². The van der Waals surface area contributed by atoms with Crippen LogP contribution in [0.5, 0.6) is 0 Å². The summed E-state index contributed by atoms with van der Waals surface area (Å²) in [5, 5.41) is 16.7. The lowest BCUT2D eigenvalue weighted by molar-refractivity contribution is -0.385. The molecule has 6 heteroatoms. The van der Waals surface area contributed by atoms with Gasteiger partial charge in [0.15, 0.2) is 0 Å². The second-order valence-corrected chi connectivity index (χ2v) is 6.53. The predicted octanol–water partition coefficient (Wildman–Crippen LogP) is 4.70. The van der Waals surface area contributed by atoms with Crippen LogP contribution in [-0.4, -0.2) is 11.5 Å². The molecule has 1 heterocycles. The maximum absolute atomic E-state index is 11.1. The predicted molar refractivity (Wildman–Crippen MR) is 89.9 cm³/mol. The molecule has 0 spiro atoms. The number of nitrogens with zero attached hydrogens (tertiary/aromatic N) is 1. The Morgan fingerprint density at radius 2 is 2.14 bits per heavy atom. The Labute approximate surface area is 136 Å². The first-order chi connectivity index (χ1) is 10.1. The Balaban J connectivity index is 2.27. The Morgan fingerprint density at radius 3 is 2.76 bits per heavy atom. The van der Waals surface area contributed by atoms with E-state index < -0.39 is 0 Å². The molecule has 0 aliphatic carbocycles. The number of halogens is 1. The molecule has 2 rings (SSSR count). The topological polar surface area (TPSA) is 55.2 Å². The highest BCUT2D eigenvalue weighted by Crippen LogP contribution is 2.33. The van der Waals surface area contributed by atoms with Crippen LogP contribution in [0.25, 0.3) is 0 Å². The van der Waals surface area contributed by atoms with Crippen molar-refractivity contribution >= 4 is 33.0 Å². The quantitative estimate of drug-likeness (QED) is 0.568. The SMILES string of the molecule is CCCNC(Cc1ccccc1[N+](=O)[O-])c1sccc1Br. The monoisotopic (exact) mass is 368 g/mol. The molecule has 0 saturated carbocycles. The number of para-hydroxylation sites is 1. The first kappa shape index (κ1) is 16.1. The van der Waals surface area contributed by atoms with Gasteiger partial charge in [-0.25, -0.2) is 0 Å². The highest BCUT2D eigenvalue weighted by molar-refractivity contribution is 9.10. The summed E-state index contributed by atoms with van der Waals surface area (Å²) in [6.45, 7) is 2.99. The van der Waals surface area contributed by atoms with Crippen molar-refractivity contribution in [1.82, 2.24) is 5.32 Å². The molecule has 4 nitrogen and oxygen atoms in total. The minimum atomic E-state index is -0.310. The number of nitrogens with one attached hydrogen (secondary N) is 1. The zero-order valence-corrected chi connectivity index (χ0v) is 14.1. The van der Waals surface area contributed by atoms with E-state index >= 15 is 0 Å². The highest BCUT2D eigenvalue weighted by Gasteiger charge is 2.20. The molecular weight excluding hydrogens is 352 g/mol. The highest BCUT2D eigenvalue weighted by atomic mass is 79.9. The standard InChI is InChI=1S/C15H17BrN2O2S/c1-2-8-17-13(15-12(16)7-9-21-15)10-11-5-3-4-6-14(11)18(19)20/h3-7,9,13,17H,2,8,10H2,1H3. The molecule has 0 radical (unpaired) electrons. The third-order valence-electron chi connectivity index (χ3n) is 3.21. The Kier molecular flexibility index (Phi) is 5.90. The molecule has 0 amide bonds. The second kappa shape index (κ2) is 7.68. The third kappa shape index (κ3) is 4.12. The van der Waals surface area contributed by atoms with Crippen LogP contribution in [0.1, 0.15) is 29.8 Å². The van der Waals surface area contributed by atoms with E-state index in [4.69, 9.17) is 0 Å². The number of rotatable bonds is 7. The van der Waals surface area contributed by atoms with Crippen molar-refractivity contribution in [3.05, 3.63) is 60.7 Å². The molecule has 112 valence electrons. The van der Waals surface area contributed by atoms with Crippen LogP contribution in [0, 0.1) is 10.1 Å². The van der Waals surface area contributed by atoms with Crippen LogP contribution >= 0.6 is 27.3 Å². The molecule has 1 aromatic heterocycles. The molecule has 2 aromatic rings. The summed E-state index contributed by atoms with van der Waals surface area (Å²) >= 11 is 5.22. The van der Waals surface area contributed by atoms with Gasteiger partial charge in [-0.2, -0.15) is 0 Å². The summed E-state index contributed by atoms with van der Waals surface area (Å²) in [7, 11) is 0. The Hall–Kier alpha value is -1.24. The van der Waals surface area contributed by atoms with E-state index in [1.54, 1.807) is 23.5 Å². The average molecular weight is 369 g/mol. The van der Waals surface area contributed by atoms with Gasteiger partial charge < -0.3 is 5.32 Å². The summed E-state index contributed by atoms with van der Waals surface area (Å²) in [6, 6.07) is 9.05. The second-order valence-electron chi connectivity index (χ2n) is 4.73. The molecule has 1 atom stereocenters. The van der Waals surface area contributed by atoms with Gasteiger partial charge in [0.25, 0.3) is 5.69 Å². The van der Waals surface area contributed by atoms with Crippen LogP contribution in [-0.2, 0) is 6.42 Å². The molecule has 0 saturated heterocycles. The van der Waals surface area contributed by atoms with Crippen LogP contribution in [0.3, 0.4) is 0 Å².